The molecule has 15 heteroatoms. The number of amides is 2. The SMILES string of the molecule is COCCOCCOCCOCCOc1ccc2c(c1)N1C(=O)c3cc(OC)c(OCCCOc4cc5c(cc4OC)C(=O)N4c6ccccc6C[C@H]4C=N5)cc3N=C[C@@H]1C2. The van der Waals surface area contributed by atoms with E-state index in [-0.39, 0.29) is 23.9 Å². The van der Waals surface area contributed by atoms with Gasteiger partial charge in [-0.3, -0.25) is 29.4 Å². The van der Waals surface area contributed by atoms with E-state index in [1.54, 1.807) is 48.3 Å². The molecule has 0 saturated carbocycles. The molecule has 4 aromatic rings. The quantitative estimate of drug-likeness (QED) is 0.0884. The van der Waals surface area contributed by atoms with Crippen LogP contribution in [0.1, 0.15) is 38.3 Å². The van der Waals surface area contributed by atoms with Gasteiger partial charge in [-0.2, -0.15) is 0 Å². The first-order valence-corrected chi connectivity index (χ1v) is 20.5. The fourth-order valence-electron chi connectivity index (χ4n) is 7.82. The molecule has 4 aliphatic heterocycles. The van der Waals surface area contributed by atoms with Crippen molar-refractivity contribution in [2.24, 2.45) is 9.98 Å². The van der Waals surface area contributed by atoms with Crippen molar-refractivity contribution in [3.05, 3.63) is 89.0 Å². The van der Waals surface area contributed by atoms with Gasteiger partial charge in [-0.15, -0.1) is 0 Å². The van der Waals surface area contributed by atoms with Crippen molar-refractivity contribution in [2.45, 2.75) is 31.3 Å². The summed E-state index contributed by atoms with van der Waals surface area (Å²) in [4.78, 5) is 40.9. The normalized spacial score (nSPS) is 16.8. The summed E-state index contributed by atoms with van der Waals surface area (Å²) in [5.41, 5.74) is 5.72. The van der Waals surface area contributed by atoms with E-state index in [2.05, 4.69) is 0 Å². The molecule has 0 aliphatic carbocycles. The van der Waals surface area contributed by atoms with Gasteiger partial charge in [-0.05, 0) is 35.4 Å². The number of rotatable bonds is 21. The molecule has 4 aromatic carbocycles. The number of methoxy groups -OCH3 is 3. The molecule has 8 rings (SSSR count). The van der Waals surface area contributed by atoms with Gasteiger partial charge in [0.2, 0.25) is 0 Å². The van der Waals surface area contributed by atoms with E-state index in [0.29, 0.717) is 137 Å². The molecule has 0 fully saturated rings. The van der Waals surface area contributed by atoms with Crippen LogP contribution in [0.3, 0.4) is 0 Å². The number of nitrogens with zero attached hydrogens (tertiary/aromatic N) is 4. The largest absolute Gasteiger partial charge is 0.493 e. The smallest absolute Gasteiger partial charge is 0.261 e. The fourth-order valence-corrected chi connectivity index (χ4v) is 7.82. The van der Waals surface area contributed by atoms with Crippen LogP contribution in [0.2, 0.25) is 0 Å². The second-order valence-electron chi connectivity index (χ2n) is 14.6. The zero-order valence-corrected chi connectivity index (χ0v) is 34.6. The molecule has 4 heterocycles. The average Bonchev–Trinajstić information content (AvgIpc) is 3.76. The molecule has 0 aromatic heterocycles. The van der Waals surface area contributed by atoms with Gasteiger partial charge in [0.15, 0.2) is 23.0 Å². The summed E-state index contributed by atoms with van der Waals surface area (Å²) in [5.74, 6) is 2.12. The molecule has 0 spiro atoms. The Morgan fingerprint density at radius 3 is 1.64 bits per heavy atom. The van der Waals surface area contributed by atoms with Crippen LogP contribution in [0.15, 0.2) is 76.7 Å². The van der Waals surface area contributed by atoms with E-state index < -0.39 is 0 Å². The fraction of sp³-hybridized carbons (Fsp3) is 0.391. The molecule has 61 heavy (non-hydrogen) atoms. The first-order valence-electron chi connectivity index (χ1n) is 20.5. The number of hydrogen-bond acceptors (Lipinski definition) is 13. The third-order valence-corrected chi connectivity index (χ3v) is 10.8. The average molecular weight is 835 g/mol. The zero-order valence-electron chi connectivity index (χ0n) is 34.6. The second kappa shape index (κ2) is 19.6. The van der Waals surface area contributed by atoms with E-state index in [4.69, 9.17) is 52.6 Å². The van der Waals surface area contributed by atoms with Crippen molar-refractivity contribution in [2.75, 3.05) is 97.2 Å². The summed E-state index contributed by atoms with van der Waals surface area (Å²) in [6.07, 6.45) is 5.50. The Morgan fingerprint density at radius 1 is 0.541 bits per heavy atom. The molecule has 15 nitrogen and oxygen atoms in total. The van der Waals surface area contributed by atoms with Crippen LogP contribution in [0.25, 0.3) is 0 Å². The Bertz CT molecular complexity index is 2280. The number of benzene rings is 4. The number of fused-ring (bicyclic) bond motifs is 8. The maximum absolute atomic E-state index is 14.2. The molecule has 2 atom stereocenters. The summed E-state index contributed by atoms with van der Waals surface area (Å²) >= 11 is 0. The molecule has 4 aliphatic rings. The summed E-state index contributed by atoms with van der Waals surface area (Å²) in [6, 6.07) is 20.2. The maximum atomic E-state index is 14.2. The minimum absolute atomic E-state index is 0.126. The monoisotopic (exact) mass is 834 g/mol. The third-order valence-electron chi connectivity index (χ3n) is 10.8. The lowest BCUT2D eigenvalue weighted by molar-refractivity contribution is 0.000165. The van der Waals surface area contributed by atoms with Crippen LogP contribution in [0, 0.1) is 0 Å². The van der Waals surface area contributed by atoms with Gasteiger partial charge in [-0.1, -0.05) is 24.3 Å². The maximum Gasteiger partial charge on any atom is 0.261 e. The van der Waals surface area contributed by atoms with Gasteiger partial charge in [0.05, 0.1) is 114 Å². The van der Waals surface area contributed by atoms with E-state index in [1.165, 1.54) is 7.11 Å². The van der Waals surface area contributed by atoms with E-state index in [9.17, 15) is 9.59 Å². The molecular weight excluding hydrogens is 785 g/mol. The number of aliphatic imine (C=N–C) groups is 2. The van der Waals surface area contributed by atoms with Crippen molar-refractivity contribution in [1.82, 2.24) is 0 Å². The number of anilines is 2. The zero-order chi connectivity index (χ0) is 42.1. The lowest BCUT2D eigenvalue weighted by Crippen LogP contribution is -2.37. The molecule has 2 amide bonds. The Kier molecular flexibility index (Phi) is 13.4. The molecule has 0 unspecified atom stereocenters. The Balaban J connectivity index is 0.840. The number of hydrogen-bond donors (Lipinski definition) is 0. The van der Waals surface area contributed by atoms with Crippen molar-refractivity contribution in [3.63, 3.8) is 0 Å². The van der Waals surface area contributed by atoms with Crippen LogP contribution < -0.4 is 33.5 Å². The molecule has 0 radical (unpaired) electrons. The minimum Gasteiger partial charge on any atom is -0.493 e. The van der Waals surface area contributed by atoms with Gasteiger partial charge in [0.1, 0.15) is 12.4 Å². The van der Waals surface area contributed by atoms with Gasteiger partial charge in [0.25, 0.3) is 11.8 Å². The molecule has 320 valence electrons. The molecule has 0 N–H and O–H groups in total. The van der Waals surface area contributed by atoms with Crippen molar-refractivity contribution in [1.29, 1.82) is 0 Å². The lowest BCUT2D eigenvalue weighted by Gasteiger charge is -2.22. The van der Waals surface area contributed by atoms with Gasteiger partial charge < -0.3 is 42.6 Å². The predicted molar refractivity (Wildman–Crippen MR) is 229 cm³/mol. The summed E-state index contributed by atoms with van der Waals surface area (Å²) < 4.78 is 51.1. The second-order valence-corrected chi connectivity index (χ2v) is 14.6. The molecular formula is C46H50N4O11. The standard InChI is InChI=1S/C46H50N4O11/c1-53-13-14-56-15-16-57-17-18-58-19-20-59-34-10-9-31-22-33-29-48-38-27-44(42(55-3)25-36(38)46(52)50(33)40(31)23-34)61-12-6-11-60-43-26-37-35(24-41(43)54-2)45(51)49-32(28-47-37)21-30-7-4-5-8-39(30)49/h4-5,7-10,23-29,32-33H,6,11-22H2,1-3H3/t32-,33-/m0/s1. The number of carbonyl (C=O) groups excluding carboxylic acids is 2. The Hall–Kier alpha value is -6.00. The number of carbonyl (C=O) groups is 2. The highest BCUT2D eigenvalue weighted by Crippen LogP contribution is 2.43. The summed E-state index contributed by atoms with van der Waals surface area (Å²) in [6.45, 7) is 4.36. The highest BCUT2D eigenvalue weighted by Gasteiger charge is 2.38. The van der Waals surface area contributed by atoms with Crippen molar-refractivity contribution in [3.8, 4) is 28.7 Å². The van der Waals surface area contributed by atoms with E-state index in [1.807, 2.05) is 54.9 Å². The summed E-state index contributed by atoms with van der Waals surface area (Å²) in [5, 5.41) is 0. The van der Waals surface area contributed by atoms with E-state index >= 15 is 0 Å². The summed E-state index contributed by atoms with van der Waals surface area (Å²) in [7, 11) is 4.72. The van der Waals surface area contributed by atoms with Gasteiger partial charge in [-0.25, -0.2) is 0 Å². The van der Waals surface area contributed by atoms with Crippen molar-refractivity contribution >= 4 is 47.0 Å². The van der Waals surface area contributed by atoms with Crippen LogP contribution in [0.4, 0.5) is 22.7 Å². The molecule has 0 saturated heterocycles. The minimum atomic E-state index is -0.256. The topological polar surface area (TPSA) is 148 Å². The third kappa shape index (κ3) is 9.20. The Labute approximate surface area is 354 Å². The van der Waals surface area contributed by atoms with E-state index in [0.717, 1.165) is 22.5 Å². The highest BCUT2D eigenvalue weighted by atomic mass is 16.6. The lowest BCUT2D eigenvalue weighted by atomic mass is 10.1. The number of ether oxygens (including phenoxy) is 9. The highest BCUT2D eigenvalue weighted by molar-refractivity contribution is 6.16. The van der Waals surface area contributed by atoms with Crippen LogP contribution >= 0.6 is 0 Å². The first-order chi connectivity index (χ1) is 30.0. The van der Waals surface area contributed by atoms with Gasteiger partial charge >= 0.3 is 0 Å². The molecule has 0 bridgehead atoms. The van der Waals surface area contributed by atoms with Crippen LogP contribution in [-0.4, -0.2) is 124 Å². The van der Waals surface area contributed by atoms with Crippen molar-refractivity contribution < 1.29 is 52.2 Å². The predicted octanol–water partition coefficient (Wildman–Crippen LogP) is 6.20. The van der Waals surface area contributed by atoms with Crippen LogP contribution in [-0.2, 0) is 31.8 Å². The number of para-hydroxylation sites is 1. The van der Waals surface area contributed by atoms with Crippen LogP contribution in [0.5, 0.6) is 28.7 Å². The first kappa shape index (κ1) is 41.7. The van der Waals surface area contributed by atoms with Gasteiger partial charge in [0, 0.05) is 62.7 Å². The Morgan fingerprint density at radius 2 is 1.07 bits per heavy atom.